The number of pyridine rings is 1. The summed E-state index contributed by atoms with van der Waals surface area (Å²) < 4.78 is 12.3. The average Bonchev–Trinajstić information content (AvgIpc) is 2.86. The summed E-state index contributed by atoms with van der Waals surface area (Å²) in [6, 6.07) is 12.6. The second-order valence-electron chi connectivity index (χ2n) is 6.08. The smallest absolute Gasteiger partial charge is 0.420 e. The van der Waals surface area contributed by atoms with E-state index in [1.807, 2.05) is 19.1 Å². The summed E-state index contributed by atoms with van der Waals surface area (Å²) in [7, 11) is 0. The Kier molecular flexibility index (Phi) is 3.76. The lowest BCUT2D eigenvalue weighted by molar-refractivity contribution is -0.140. The first-order valence-corrected chi connectivity index (χ1v) is 8.06. The van der Waals surface area contributed by atoms with Gasteiger partial charge in [0.1, 0.15) is 12.6 Å². The maximum absolute atomic E-state index is 12.4. The standard InChI is InChI=1S/C18H17N3O4/c1-12-5-4-8-16(19-12)24-13-9-20(10-13)17(22)11-21-14-6-2-3-7-15(14)25-18(21)23/h2-8,13H,9-11H2,1H3. The highest BCUT2D eigenvalue weighted by Gasteiger charge is 2.33. The molecule has 0 N–H and O–H groups in total. The highest BCUT2D eigenvalue weighted by molar-refractivity contribution is 5.80. The summed E-state index contributed by atoms with van der Waals surface area (Å²) in [4.78, 5) is 30.3. The van der Waals surface area contributed by atoms with Crippen LogP contribution in [0.2, 0.25) is 0 Å². The van der Waals surface area contributed by atoms with Crippen LogP contribution in [0.1, 0.15) is 5.69 Å². The van der Waals surface area contributed by atoms with E-state index in [4.69, 9.17) is 9.15 Å². The molecule has 1 aliphatic rings. The van der Waals surface area contributed by atoms with Crippen LogP contribution in [0.4, 0.5) is 0 Å². The maximum Gasteiger partial charge on any atom is 0.420 e. The van der Waals surface area contributed by atoms with Gasteiger partial charge in [0.15, 0.2) is 5.58 Å². The quantitative estimate of drug-likeness (QED) is 0.721. The molecule has 3 aromatic rings. The summed E-state index contributed by atoms with van der Waals surface area (Å²) in [5, 5.41) is 0. The first-order chi connectivity index (χ1) is 12.1. The van der Waals surface area contributed by atoms with Crippen molar-refractivity contribution in [3.8, 4) is 5.88 Å². The molecule has 1 fully saturated rings. The molecule has 0 radical (unpaired) electrons. The van der Waals surface area contributed by atoms with Crippen molar-refractivity contribution < 1.29 is 13.9 Å². The van der Waals surface area contributed by atoms with E-state index in [1.54, 1.807) is 35.2 Å². The van der Waals surface area contributed by atoms with Gasteiger partial charge in [0.2, 0.25) is 11.8 Å². The molecule has 0 atom stereocenters. The van der Waals surface area contributed by atoms with Gasteiger partial charge in [-0.15, -0.1) is 0 Å². The molecular formula is C18H17N3O4. The van der Waals surface area contributed by atoms with Gasteiger partial charge in [-0.1, -0.05) is 18.2 Å². The second kappa shape index (κ2) is 6.08. The number of ether oxygens (including phenoxy) is 1. The first-order valence-electron chi connectivity index (χ1n) is 8.06. The molecule has 1 amide bonds. The van der Waals surface area contributed by atoms with Crippen LogP contribution in [0.3, 0.4) is 0 Å². The molecule has 1 saturated heterocycles. The van der Waals surface area contributed by atoms with Crippen LogP contribution in [0.15, 0.2) is 51.7 Å². The number of benzene rings is 1. The van der Waals surface area contributed by atoms with Crippen molar-refractivity contribution in [2.45, 2.75) is 19.6 Å². The Morgan fingerprint density at radius 3 is 2.84 bits per heavy atom. The molecule has 128 valence electrons. The second-order valence-corrected chi connectivity index (χ2v) is 6.08. The first kappa shape index (κ1) is 15.4. The third-order valence-corrected chi connectivity index (χ3v) is 4.22. The van der Waals surface area contributed by atoms with Crippen LogP contribution in [0, 0.1) is 6.92 Å². The molecule has 7 heteroatoms. The number of rotatable bonds is 4. The zero-order valence-corrected chi connectivity index (χ0v) is 13.7. The van der Waals surface area contributed by atoms with E-state index in [0.717, 1.165) is 5.69 Å². The Morgan fingerprint density at radius 1 is 1.24 bits per heavy atom. The number of aromatic nitrogens is 2. The van der Waals surface area contributed by atoms with Gasteiger partial charge in [0.05, 0.1) is 18.6 Å². The van der Waals surface area contributed by atoms with E-state index >= 15 is 0 Å². The number of carbonyl (C=O) groups is 1. The van der Waals surface area contributed by atoms with Gasteiger partial charge in [0.25, 0.3) is 0 Å². The van der Waals surface area contributed by atoms with Crippen molar-refractivity contribution in [2.24, 2.45) is 0 Å². The fourth-order valence-electron chi connectivity index (χ4n) is 2.87. The van der Waals surface area contributed by atoms with Crippen molar-refractivity contribution >= 4 is 17.0 Å². The minimum absolute atomic E-state index is 0.0364. The van der Waals surface area contributed by atoms with E-state index in [1.165, 1.54) is 4.57 Å². The highest BCUT2D eigenvalue weighted by Crippen LogP contribution is 2.18. The summed E-state index contributed by atoms with van der Waals surface area (Å²) in [6.07, 6.45) is -0.0731. The number of likely N-dealkylation sites (tertiary alicyclic amines) is 1. The number of amides is 1. The molecule has 1 aromatic carbocycles. The Labute approximate surface area is 143 Å². The Hall–Kier alpha value is -3.09. The molecular weight excluding hydrogens is 322 g/mol. The average molecular weight is 339 g/mol. The molecule has 1 aliphatic heterocycles. The summed E-state index contributed by atoms with van der Waals surface area (Å²) in [6.45, 7) is 2.83. The number of nitrogens with zero attached hydrogens (tertiary/aromatic N) is 3. The number of hydrogen-bond acceptors (Lipinski definition) is 5. The van der Waals surface area contributed by atoms with E-state index in [2.05, 4.69) is 4.98 Å². The molecule has 0 saturated carbocycles. The summed E-state index contributed by atoms with van der Waals surface area (Å²) in [5.74, 6) is -0.0910. The van der Waals surface area contributed by atoms with Crippen LogP contribution in [-0.4, -0.2) is 39.6 Å². The minimum Gasteiger partial charge on any atom is -0.471 e. The highest BCUT2D eigenvalue weighted by atomic mass is 16.5. The molecule has 4 rings (SSSR count). The summed E-state index contributed by atoms with van der Waals surface area (Å²) >= 11 is 0. The monoisotopic (exact) mass is 339 g/mol. The molecule has 0 bridgehead atoms. The molecule has 2 aromatic heterocycles. The predicted molar refractivity (Wildman–Crippen MR) is 90.4 cm³/mol. The zero-order valence-electron chi connectivity index (χ0n) is 13.7. The van der Waals surface area contributed by atoms with Crippen LogP contribution >= 0.6 is 0 Å². The number of aryl methyl sites for hydroxylation is 1. The molecule has 0 aliphatic carbocycles. The van der Waals surface area contributed by atoms with Crippen molar-refractivity contribution in [1.29, 1.82) is 0 Å². The van der Waals surface area contributed by atoms with E-state index in [9.17, 15) is 9.59 Å². The molecule has 3 heterocycles. The normalized spacial score (nSPS) is 14.5. The SMILES string of the molecule is Cc1cccc(OC2CN(C(=O)Cn3c(=O)oc4ccccc43)C2)n1. The zero-order chi connectivity index (χ0) is 17.4. The van der Waals surface area contributed by atoms with Crippen molar-refractivity contribution in [2.75, 3.05) is 13.1 Å². The van der Waals surface area contributed by atoms with E-state index in [-0.39, 0.29) is 18.6 Å². The van der Waals surface area contributed by atoms with Gasteiger partial charge in [-0.05, 0) is 25.1 Å². The van der Waals surface area contributed by atoms with Gasteiger partial charge < -0.3 is 14.1 Å². The Bertz CT molecular complexity index is 985. The predicted octanol–water partition coefficient (Wildman–Crippen LogP) is 1.59. The van der Waals surface area contributed by atoms with Crippen molar-refractivity contribution in [3.63, 3.8) is 0 Å². The third-order valence-electron chi connectivity index (χ3n) is 4.22. The number of oxazole rings is 1. The number of fused-ring (bicyclic) bond motifs is 1. The van der Waals surface area contributed by atoms with Gasteiger partial charge in [-0.25, -0.2) is 9.78 Å². The molecule has 0 spiro atoms. The van der Waals surface area contributed by atoms with Gasteiger partial charge in [-0.2, -0.15) is 0 Å². The van der Waals surface area contributed by atoms with Gasteiger partial charge in [0, 0.05) is 11.8 Å². The third kappa shape index (κ3) is 3.00. The van der Waals surface area contributed by atoms with Crippen LogP contribution in [0.5, 0.6) is 5.88 Å². The lowest BCUT2D eigenvalue weighted by atomic mass is 10.1. The molecule has 25 heavy (non-hydrogen) atoms. The fourth-order valence-corrected chi connectivity index (χ4v) is 2.87. The lowest BCUT2D eigenvalue weighted by Crippen LogP contribution is -2.57. The Balaban J connectivity index is 1.38. The maximum atomic E-state index is 12.4. The lowest BCUT2D eigenvalue weighted by Gasteiger charge is -2.38. The minimum atomic E-state index is -0.521. The van der Waals surface area contributed by atoms with E-state index < -0.39 is 5.76 Å². The fraction of sp³-hybridized carbons (Fsp3) is 0.278. The topological polar surface area (TPSA) is 77.6 Å². The van der Waals surface area contributed by atoms with Crippen LogP contribution in [-0.2, 0) is 11.3 Å². The molecule has 7 nitrogen and oxygen atoms in total. The van der Waals surface area contributed by atoms with Crippen LogP contribution < -0.4 is 10.5 Å². The molecule has 0 unspecified atom stereocenters. The van der Waals surface area contributed by atoms with Crippen molar-refractivity contribution in [1.82, 2.24) is 14.5 Å². The van der Waals surface area contributed by atoms with Gasteiger partial charge in [-0.3, -0.25) is 9.36 Å². The number of para-hydroxylation sites is 2. The van der Waals surface area contributed by atoms with E-state index in [0.29, 0.717) is 30.1 Å². The number of hydrogen-bond donors (Lipinski definition) is 0. The number of carbonyl (C=O) groups excluding carboxylic acids is 1. The van der Waals surface area contributed by atoms with Crippen LogP contribution in [0.25, 0.3) is 11.1 Å². The Morgan fingerprint density at radius 2 is 2.04 bits per heavy atom. The largest absolute Gasteiger partial charge is 0.471 e. The summed E-state index contributed by atoms with van der Waals surface area (Å²) in [5.41, 5.74) is 1.99. The van der Waals surface area contributed by atoms with Gasteiger partial charge >= 0.3 is 5.76 Å². The van der Waals surface area contributed by atoms with Crippen molar-refractivity contribution in [3.05, 3.63) is 58.7 Å².